The van der Waals surface area contributed by atoms with Crippen LogP contribution in [0, 0.1) is 22.7 Å². The van der Waals surface area contributed by atoms with E-state index in [0.29, 0.717) is 11.1 Å². The number of fused-ring (bicyclic) bond motifs is 3. The highest BCUT2D eigenvalue weighted by molar-refractivity contribution is 7.20. The average molecular weight is 628 g/mol. The molecule has 1 heterocycles. The van der Waals surface area contributed by atoms with Gasteiger partial charge in [0.05, 0.1) is 40.0 Å². The molecule has 8 rings (SSSR count). The van der Waals surface area contributed by atoms with E-state index in [0.717, 1.165) is 43.8 Å². The average Bonchev–Trinajstić information content (AvgIpc) is 3.50. The van der Waals surface area contributed by atoms with E-state index in [4.69, 9.17) is 0 Å². The van der Waals surface area contributed by atoms with Crippen molar-refractivity contribution in [3.05, 3.63) is 187 Å². The molecule has 0 aliphatic carbocycles. The summed E-state index contributed by atoms with van der Waals surface area (Å²) in [7, 11) is -3.13. The van der Waals surface area contributed by atoms with Crippen LogP contribution in [-0.2, 0) is 0 Å². The summed E-state index contributed by atoms with van der Waals surface area (Å²) in [5.41, 5.74) is 6.20. The van der Waals surface area contributed by atoms with E-state index in [1.165, 1.54) is 15.6 Å². The van der Waals surface area contributed by atoms with Crippen molar-refractivity contribution in [2.24, 2.45) is 0 Å². The number of rotatable bonds is 6. The van der Waals surface area contributed by atoms with Crippen LogP contribution in [0.1, 0.15) is 11.1 Å². The van der Waals surface area contributed by atoms with Crippen molar-refractivity contribution in [1.82, 2.24) is 4.57 Å². The Hall–Kier alpha value is -6.46. The molecule has 0 saturated heterocycles. The Kier molecular flexibility index (Phi) is 7.27. The van der Waals surface area contributed by atoms with Gasteiger partial charge in [-0.2, -0.15) is 10.5 Å². The summed E-state index contributed by atoms with van der Waals surface area (Å²) in [6, 6.07) is 66.0. The fourth-order valence-corrected chi connectivity index (χ4v) is 12.6. The lowest BCUT2D eigenvalue weighted by atomic mass is 9.99. The molecule has 0 saturated carbocycles. The molecule has 0 fully saturated rings. The van der Waals surface area contributed by atoms with Gasteiger partial charge in [0, 0.05) is 16.3 Å². The molecule has 0 bridgehead atoms. The minimum Gasteiger partial charge on any atom is -0.309 e. The molecule has 8 aromatic rings. The first kappa shape index (κ1) is 29.0. The number of benzene rings is 7. The molecule has 3 nitrogen and oxygen atoms in total. The first-order valence-corrected chi connectivity index (χ1v) is 18.0. The topological polar surface area (TPSA) is 52.5 Å². The maximum atomic E-state index is 10.9. The lowest BCUT2D eigenvalue weighted by molar-refractivity contribution is 1.18. The van der Waals surface area contributed by atoms with Crippen LogP contribution in [0.15, 0.2) is 176 Å². The number of nitriles is 2. The molecule has 0 aliphatic rings. The number of para-hydroxylation sites is 2. The fourth-order valence-electron chi connectivity index (χ4n) is 7.47. The second-order valence-corrected chi connectivity index (χ2v) is 15.6. The lowest BCUT2D eigenvalue weighted by Gasteiger charge is -2.37. The van der Waals surface area contributed by atoms with Gasteiger partial charge in [-0.25, -0.2) is 0 Å². The Morgan fingerprint density at radius 1 is 0.438 bits per heavy atom. The van der Waals surface area contributed by atoms with Gasteiger partial charge in [0.25, 0.3) is 0 Å². The molecule has 7 aromatic carbocycles. The zero-order valence-corrected chi connectivity index (χ0v) is 27.1. The second kappa shape index (κ2) is 12.0. The first-order chi connectivity index (χ1) is 23.8. The smallest absolute Gasteiger partial charge is 0.181 e. The van der Waals surface area contributed by atoms with E-state index < -0.39 is 8.07 Å². The molecule has 224 valence electrons. The third kappa shape index (κ3) is 4.48. The van der Waals surface area contributed by atoms with Crippen LogP contribution in [-0.4, -0.2) is 12.6 Å². The van der Waals surface area contributed by atoms with Crippen molar-refractivity contribution in [2.45, 2.75) is 0 Å². The van der Waals surface area contributed by atoms with Crippen molar-refractivity contribution < 1.29 is 0 Å². The van der Waals surface area contributed by atoms with Crippen molar-refractivity contribution in [1.29, 1.82) is 10.5 Å². The van der Waals surface area contributed by atoms with E-state index in [1.807, 2.05) is 24.3 Å². The van der Waals surface area contributed by atoms with Crippen molar-refractivity contribution >= 4 is 50.6 Å². The minimum absolute atomic E-state index is 0.575. The number of aromatic nitrogens is 1. The minimum atomic E-state index is -3.13. The van der Waals surface area contributed by atoms with Crippen LogP contribution in [0.3, 0.4) is 0 Å². The maximum Gasteiger partial charge on any atom is 0.181 e. The van der Waals surface area contributed by atoms with Gasteiger partial charge < -0.3 is 4.57 Å². The monoisotopic (exact) mass is 627 g/mol. The molecule has 4 heteroatoms. The number of hydrogen-bond donors (Lipinski definition) is 0. The standard InChI is InChI=1S/C44H29N3Si/c45-30-32-27-28-39(43(29-32)47-41-25-12-10-22-37(41)38-23-11-13-26-42(38)47)40-24-14-15-33(31-46)44(40)48(34-16-4-1-5-17-34,35-18-6-2-7-19-35)36-20-8-3-9-21-36/h1-29H. The Morgan fingerprint density at radius 3 is 1.44 bits per heavy atom. The second-order valence-electron chi connectivity index (χ2n) is 11.9. The highest BCUT2D eigenvalue weighted by Gasteiger charge is 2.44. The molecule has 0 unspecified atom stereocenters. The maximum absolute atomic E-state index is 10.9. The zero-order chi connectivity index (χ0) is 32.5. The Balaban J connectivity index is 1.56. The van der Waals surface area contributed by atoms with Gasteiger partial charge in [-0.3, -0.25) is 0 Å². The van der Waals surface area contributed by atoms with Gasteiger partial charge in [-0.05, 0) is 56.6 Å². The largest absolute Gasteiger partial charge is 0.309 e. The van der Waals surface area contributed by atoms with Crippen LogP contribution in [0.2, 0.25) is 0 Å². The van der Waals surface area contributed by atoms with E-state index in [-0.39, 0.29) is 0 Å². The molecular formula is C44H29N3Si. The van der Waals surface area contributed by atoms with E-state index in [9.17, 15) is 10.5 Å². The highest BCUT2D eigenvalue weighted by Crippen LogP contribution is 2.37. The molecular weight excluding hydrogens is 599 g/mol. The summed E-state index contributed by atoms with van der Waals surface area (Å²) in [5, 5.41) is 28.0. The van der Waals surface area contributed by atoms with E-state index in [2.05, 4.69) is 168 Å². The van der Waals surface area contributed by atoms with Gasteiger partial charge in [-0.1, -0.05) is 146 Å². The predicted molar refractivity (Wildman–Crippen MR) is 199 cm³/mol. The fraction of sp³-hybridized carbons (Fsp3) is 0. The Morgan fingerprint density at radius 2 is 0.938 bits per heavy atom. The zero-order valence-electron chi connectivity index (χ0n) is 26.1. The summed E-state index contributed by atoms with van der Waals surface area (Å²) in [4.78, 5) is 0. The molecule has 0 atom stereocenters. The van der Waals surface area contributed by atoms with E-state index >= 15 is 0 Å². The van der Waals surface area contributed by atoms with Crippen LogP contribution >= 0.6 is 0 Å². The number of nitrogens with zero attached hydrogens (tertiary/aromatic N) is 3. The molecule has 0 amide bonds. The summed E-state index contributed by atoms with van der Waals surface area (Å²) in [6.07, 6.45) is 0. The lowest BCUT2D eigenvalue weighted by Crippen LogP contribution is -2.75. The molecule has 0 N–H and O–H groups in total. The van der Waals surface area contributed by atoms with Gasteiger partial charge >= 0.3 is 0 Å². The van der Waals surface area contributed by atoms with Crippen LogP contribution < -0.4 is 20.7 Å². The van der Waals surface area contributed by atoms with Gasteiger partial charge in [0.15, 0.2) is 8.07 Å². The Labute approximate surface area is 280 Å². The van der Waals surface area contributed by atoms with Crippen molar-refractivity contribution in [2.75, 3.05) is 0 Å². The third-order valence-corrected chi connectivity index (χ3v) is 14.3. The van der Waals surface area contributed by atoms with Gasteiger partial charge in [-0.15, -0.1) is 0 Å². The molecule has 0 radical (unpaired) electrons. The predicted octanol–water partition coefficient (Wildman–Crippen LogP) is 7.57. The van der Waals surface area contributed by atoms with E-state index in [1.54, 1.807) is 0 Å². The quantitative estimate of drug-likeness (QED) is 0.141. The first-order valence-electron chi connectivity index (χ1n) is 16.0. The van der Waals surface area contributed by atoms with Crippen LogP contribution in [0.25, 0.3) is 38.6 Å². The molecule has 1 aromatic heterocycles. The van der Waals surface area contributed by atoms with Crippen molar-refractivity contribution in [3.8, 4) is 29.0 Å². The summed E-state index contributed by atoms with van der Waals surface area (Å²) in [5.74, 6) is 0. The highest BCUT2D eigenvalue weighted by atomic mass is 28.3. The third-order valence-electron chi connectivity index (χ3n) is 9.42. The summed E-state index contributed by atoms with van der Waals surface area (Å²) >= 11 is 0. The van der Waals surface area contributed by atoms with Crippen molar-refractivity contribution in [3.63, 3.8) is 0 Å². The normalized spacial score (nSPS) is 11.3. The van der Waals surface area contributed by atoms with Crippen LogP contribution in [0.5, 0.6) is 0 Å². The van der Waals surface area contributed by atoms with Crippen LogP contribution in [0.4, 0.5) is 0 Å². The Bertz CT molecular complexity index is 2370. The summed E-state index contributed by atoms with van der Waals surface area (Å²) in [6.45, 7) is 0. The van der Waals surface area contributed by atoms with Gasteiger partial charge in [0.1, 0.15) is 0 Å². The summed E-state index contributed by atoms with van der Waals surface area (Å²) < 4.78 is 2.28. The van der Waals surface area contributed by atoms with Gasteiger partial charge in [0.2, 0.25) is 0 Å². The molecule has 0 spiro atoms. The SMILES string of the molecule is N#Cc1ccc(-c2cccc(C#N)c2[Si](c2ccccc2)(c2ccccc2)c2ccccc2)c(-n2c3ccccc3c3ccccc32)c1. The number of hydrogen-bond acceptors (Lipinski definition) is 2. The molecule has 0 aliphatic heterocycles. The molecule has 48 heavy (non-hydrogen) atoms.